The molecule has 2 N–H and O–H groups in total. The molecule has 0 aliphatic carbocycles. The summed E-state index contributed by atoms with van der Waals surface area (Å²) < 4.78 is 0. The highest BCUT2D eigenvalue weighted by molar-refractivity contribution is 7.80. The maximum atomic E-state index is 4.99. The SMILES string of the molecule is CNC(=S)Nc1ccc(N(C)C)cc1. The quantitative estimate of drug-likeness (QED) is 0.725. The fourth-order valence-electron chi connectivity index (χ4n) is 1.04. The van der Waals surface area contributed by atoms with Gasteiger partial charge in [0, 0.05) is 32.5 Å². The normalized spacial score (nSPS) is 9.36. The van der Waals surface area contributed by atoms with Crippen LogP contribution in [0.5, 0.6) is 0 Å². The standard InChI is InChI=1S/C10H15N3S/c1-11-10(14)12-8-4-6-9(7-5-8)13(2)3/h4-7H,1-3H3,(H2,11,12,14). The van der Waals surface area contributed by atoms with E-state index in [0.717, 1.165) is 5.69 Å². The van der Waals surface area contributed by atoms with Gasteiger partial charge in [0.15, 0.2) is 5.11 Å². The molecule has 1 rings (SSSR count). The van der Waals surface area contributed by atoms with Crippen LogP contribution in [0.25, 0.3) is 0 Å². The summed E-state index contributed by atoms with van der Waals surface area (Å²) in [5.41, 5.74) is 2.17. The van der Waals surface area contributed by atoms with E-state index in [2.05, 4.69) is 15.5 Å². The second-order valence-corrected chi connectivity index (χ2v) is 3.55. The van der Waals surface area contributed by atoms with Gasteiger partial charge in [0.25, 0.3) is 0 Å². The van der Waals surface area contributed by atoms with Crippen LogP contribution >= 0.6 is 12.2 Å². The van der Waals surface area contributed by atoms with Crippen LogP contribution in [0.1, 0.15) is 0 Å². The van der Waals surface area contributed by atoms with E-state index >= 15 is 0 Å². The van der Waals surface area contributed by atoms with Crippen molar-refractivity contribution in [3.63, 3.8) is 0 Å². The van der Waals surface area contributed by atoms with Gasteiger partial charge in [-0.1, -0.05) is 0 Å². The Morgan fingerprint density at radius 3 is 2.21 bits per heavy atom. The van der Waals surface area contributed by atoms with Crippen molar-refractivity contribution in [2.45, 2.75) is 0 Å². The number of hydrogen-bond acceptors (Lipinski definition) is 2. The van der Waals surface area contributed by atoms with Crippen LogP contribution < -0.4 is 15.5 Å². The molecule has 1 aromatic carbocycles. The molecule has 3 nitrogen and oxygen atoms in total. The van der Waals surface area contributed by atoms with Crippen molar-refractivity contribution < 1.29 is 0 Å². The summed E-state index contributed by atoms with van der Waals surface area (Å²) in [4.78, 5) is 2.06. The Labute approximate surface area is 90.1 Å². The van der Waals surface area contributed by atoms with Gasteiger partial charge in [-0.2, -0.15) is 0 Å². The number of hydrogen-bond donors (Lipinski definition) is 2. The highest BCUT2D eigenvalue weighted by Crippen LogP contribution is 2.15. The number of nitrogens with one attached hydrogen (secondary N) is 2. The lowest BCUT2D eigenvalue weighted by Crippen LogP contribution is -2.24. The topological polar surface area (TPSA) is 27.3 Å². The smallest absolute Gasteiger partial charge is 0.170 e. The molecule has 0 aliphatic rings. The summed E-state index contributed by atoms with van der Waals surface area (Å²) in [5, 5.41) is 6.55. The minimum absolute atomic E-state index is 0.627. The fourth-order valence-corrected chi connectivity index (χ4v) is 1.15. The Kier molecular flexibility index (Phi) is 3.71. The first-order valence-electron chi connectivity index (χ1n) is 4.39. The minimum atomic E-state index is 0.627. The molecule has 0 saturated heterocycles. The van der Waals surface area contributed by atoms with Crippen LogP contribution in [0.2, 0.25) is 0 Å². The van der Waals surface area contributed by atoms with Gasteiger partial charge in [-0.25, -0.2) is 0 Å². The van der Waals surface area contributed by atoms with E-state index in [1.807, 2.05) is 38.4 Å². The number of rotatable bonds is 2. The summed E-state index contributed by atoms with van der Waals surface area (Å²) in [6.45, 7) is 0. The number of benzene rings is 1. The zero-order valence-electron chi connectivity index (χ0n) is 8.66. The van der Waals surface area contributed by atoms with Crippen molar-refractivity contribution in [3.8, 4) is 0 Å². The highest BCUT2D eigenvalue weighted by atomic mass is 32.1. The van der Waals surface area contributed by atoms with Gasteiger partial charge >= 0.3 is 0 Å². The summed E-state index contributed by atoms with van der Waals surface area (Å²) in [5.74, 6) is 0. The minimum Gasteiger partial charge on any atom is -0.378 e. The Hall–Kier alpha value is -1.29. The van der Waals surface area contributed by atoms with Crippen LogP contribution in [0.3, 0.4) is 0 Å². The van der Waals surface area contributed by atoms with E-state index in [-0.39, 0.29) is 0 Å². The Morgan fingerprint density at radius 1 is 1.21 bits per heavy atom. The van der Waals surface area contributed by atoms with Gasteiger partial charge in [0.1, 0.15) is 0 Å². The second kappa shape index (κ2) is 4.81. The van der Waals surface area contributed by atoms with E-state index in [0.29, 0.717) is 5.11 Å². The predicted molar refractivity (Wildman–Crippen MR) is 66.0 cm³/mol. The first-order chi connectivity index (χ1) is 6.63. The van der Waals surface area contributed by atoms with Gasteiger partial charge < -0.3 is 15.5 Å². The molecule has 1 aromatic rings. The van der Waals surface area contributed by atoms with Gasteiger partial charge in [-0.05, 0) is 36.5 Å². The van der Waals surface area contributed by atoms with Gasteiger partial charge in [-0.15, -0.1) is 0 Å². The molecule has 0 bridgehead atoms. The number of thiocarbonyl (C=S) groups is 1. The lowest BCUT2D eigenvalue weighted by molar-refractivity contribution is 1.13. The van der Waals surface area contributed by atoms with Gasteiger partial charge in [0.2, 0.25) is 0 Å². The van der Waals surface area contributed by atoms with E-state index < -0.39 is 0 Å². The molecule has 0 fully saturated rings. The Balaban J connectivity index is 2.69. The number of anilines is 2. The Bertz CT molecular complexity index is 306. The molecule has 4 heteroatoms. The monoisotopic (exact) mass is 209 g/mol. The molecule has 0 spiro atoms. The van der Waals surface area contributed by atoms with Crippen molar-refractivity contribution in [1.29, 1.82) is 0 Å². The zero-order chi connectivity index (χ0) is 10.6. The molecule has 0 aliphatic heterocycles. The second-order valence-electron chi connectivity index (χ2n) is 3.15. The van der Waals surface area contributed by atoms with E-state index in [1.165, 1.54) is 5.69 Å². The van der Waals surface area contributed by atoms with Crippen molar-refractivity contribution in [2.75, 3.05) is 31.4 Å². The zero-order valence-corrected chi connectivity index (χ0v) is 9.48. The largest absolute Gasteiger partial charge is 0.378 e. The predicted octanol–water partition coefficient (Wildman–Crippen LogP) is 1.67. The lowest BCUT2D eigenvalue weighted by atomic mass is 10.2. The molecular formula is C10H15N3S. The van der Waals surface area contributed by atoms with Crippen molar-refractivity contribution in [3.05, 3.63) is 24.3 Å². The molecule has 0 radical (unpaired) electrons. The van der Waals surface area contributed by atoms with Gasteiger partial charge in [0.05, 0.1) is 0 Å². The van der Waals surface area contributed by atoms with E-state index in [4.69, 9.17) is 12.2 Å². The molecule has 14 heavy (non-hydrogen) atoms. The average Bonchev–Trinajstić information content (AvgIpc) is 2.18. The first-order valence-corrected chi connectivity index (χ1v) is 4.80. The first kappa shape index (κ1) is 10.8. The van der Waals surface area contributed by atoms with Crippen molar-refractivity contribution in [2.24, 2.45) is 0 Å². The fraction of sp³-hybridized carbons (Fsp3) is 0.300. The van der Waals surface area contributed by atoms with Crippen LogP contribution in [0.15, 0.2) is 24.3 Å². The lowest BCUT2D eigenvalue weighted by Gasteiger charge is -2.13. The third-order valence-corrected chi connectivity index (χ3v) is 2.17. The molecule has 0 heterocycles. The molecule has 0 atom stereocenters. The summed E-state index contributed by atoms with van der Waals surface area (Å²) >= 11 is 4.99. The summed E-state index contributed by atoms with van der Waals surface area (Å²) in [6.07, 6.45) is 0. The average molecular weight is 209 g/mol. The van der Waals surface area contributed by atoms with Gasteiger partial charge in [-0.3, -0.25) is 0 Å². The van der Waals surface area contributed by atoms with Crippen LogP contribution in [-0.2, 0) is 0 Å². The third kappa shape index (κ3) is 2.88. The Morgan fingerprint density at radius 2 is 1.79 bits per heavy atom. The summed E-state index contributed by atoms with van der Waals surface area (Å²) in [6, 6.07) is 8.08. The molecule has 76 valence electrons. The van der Waals surface area contributed by atoms with E-state index in [1.54, 1.807) is 7.05 Å². The van der Waals surface area contributed by atoms with Crippen molar-refractivity contribution >= 4 is 28.7 Å². The molecular weight excluding hydrogens is 194 g/mol. The molecule has 0 amide bonds. The van der Waals surface area contributed by atoms with Crippen LogP contribution in [0, 0.1) is 0 Å². The molecule has 0 unspecified atom stereocenters. The highest BCUT2D eigenvalue weighted by Gasteiger charge is 1.96. The van der Waals surface area contributed by atoms with Crippen molar-refractivity contribution in [1.82, 2.24) is 5.32 Å². The maximum absolute atomic E-state index is 4.99. The third-order valence-electron chi connectivity index (χ3n) is 1.87. The summed E-state index contributed by atoms with van der Waals surface area (Å²) in [7, 11) is 5.82. The number of nitrogens with zero attached hydrogens (tertiary/aromatic N) is 1. The van der Waals surface area contributed by atoms with Crippen LogP contribution in [-0.4, -0.2) is 26.3 Å². The van der Waals surface area contributed by atoms with Crippen LogP contribution in [0.4, 0.5) is 11.4 Å². The molecule has 0 saturated carbocycles. The van der Waals surface area contributed by atoms with E-state index in [9.17, 15) is 0 Å². The molecule has 0 aromatic heterocycles. The maximum Gasteiger partial charge on any atom is 0.170 e.